The number of carbonyl (C=O) groups excluding carboxylic acids is 2. The van der Waals surface area contributed by atoms with E-state index in [1.165, 1.54) is 51.4 Å². The van der Waals surface area contributed by atoms with Gasteiger partial charge in [0.1, 0.15) is 0 Å². The van der Waals surface area contributed by atoms with Crippen LogP contribution in [0.2, 0.25) is 0 Å². The maximum absolute atomic E-state index is 14.0. The number of piperidine rings is 2. The lowest BCUT2D eigenvalue weighted by atomic mass is 9.73. The summed E-state index contributed by atoms with van der Waals surface area (Å²) in [6.07, 6.45) is 14.9. The number of primary amides is 2. The molecule has 4 bridgehead atoms. The van der Waals surface area contributed by atoms with E-state index in [1.807, 2.05) is 28.8 Å². The van der Waals surface area contributed by atoms with Gasteiger partial charge >= 0.3 is 0 Å². The lowest BCUT2D eigenvalue weighted by molar-refractivity contribution is -0.122. The normalized spacial score (nSPS) is 30.9. The predicted molar refractivity (Wildman–Crippen MR) is 152 cm³/mol. The molecule has 4 aliphatic rings. The molecule has 10 heteroatoms. The van der Waals surface area contributed by atoms with Crippen LogP contribution in [-0.4, -0.2) is 56.7 Å². The van der Waals surface area contributed by atoms with Gasteiger partial charge in [-0.25, -0.2) is 4.98 Å². The van der Waals surface area contributed by atoms with E-state index in [0.29, 0.717) is 23.6 Å². The third-order valence-corrected chi connectivity index (χ3v) is 9.76. The number of oxime groups is 1. The van der Waals surface area contributed by atoms with Gasteiger partial charge in [0.2, 0.25) is 0 Å². The summed E-state index contributed by atoms with van der Waals surface area (Å²) in [5, 5.41) is 3.71. The fourth-order valence-electron chi connectivity index (χ4n) is 8.34. The molecule has 4 fully saturated rings. The molecule has 4 N–H and O–H groups in total. The maximum atomic E-state index is 14.0. The molecule has 40 heavy (non-hydrogen) atoms. The number of rotatable bonds is 7. The van der Waals surface area contributed by atoms with Gasteiger partial charge in [-0.3, -0.25) is 19.3 Å². The Bertz CT molecular complexity index is 1340. The Kier molecular flexibility index (Phi) is 7.61. The molecule has 3 heterocycles. The number of nitrogens with zero attached hydrogens (tertiary/aromatic N) is 4. The first-order chi connectivity index (χ1) is 19.4. The van der Waals surface area contributed by atoms with Gasteiger partial charge in [0.25, 0.3) is 17.4 Å². The highest BCUT2D eigenvalue weighted by Gasteiger charge is 2.45. The molecule has 0 radical (unpaired) electrons. The molecular weight excluding hydrogens is 508 g/mol. The number of benzene rings is 1. The summed E-state index contributed by atoms with van der Waals surface area (Å²) < 4.78 is 1.81. The molecule has 0 spiro atoms. The fraction of sp³-hybridized carbons (Fsp3) is 0.633. The van der Waals surface area contributed by atoms with Crippen LogP contribution in [0.4, 0.5) is 0 Å². The SMILES string of the molecule is NC(=O)CO/N=C(\C(N)=O)c1nc2ccccc2n(C2C[C@H]3CCC[C@@H](C2)N3C2C[C@H]3CCCC[C@@H](C2)C3)c1=O. The standard InChI is InChI=1S/C30H40N6O4/c31-26(37)17-40-34-27(29(32)38)28-30(39)36(25-11-4-3-10-24(25)33-28)23-15-20-8-5-9-21(16-23)35(20)22-13-18-6-1-2-7-19(12-18)14-22/h3-4,10-11,18-23H,1-2,5-9,12-17H2,(H2,31,37)(H2,32,38)/b34-27-/t18-,19+,20-,21+,22?,23?. The second-order valence-electron chi connectivity index (χ2n) is 12.4. The Balaban J connectivity index is 1.35. The van der Waals surface area contributed by atoms with Crippen LogP contribution >= 0.6 is 0 Å². The van der Waals surface area contributed by atoms with Crippen LogP contribution in [0.5, 0.6) is 0 Å². The molecule has 1 aromatic heterocycles. The number of carbonyl (C=O) groups is 2. The molecule has 1 aromatic carbocycles. The lowest BCUT2D eigenvalue weighted by Crippen LogP contribution is -2.58. The highest BCUT2D eigenvalue weighted by Crippen LogP contribution is 2.47. The van der Waals surface area contributed by atoms with E-state index in [-0.39, 0.29) is 11.7 Å². The van der Waals surface area contributed by atoms with E-state index in [0.717, 1.165) is 43.0 Å². The third-order valence-electron chi connectivity index (χ3n) is 9.76. The van der Waals surface area contributed by atoms with Gasteiger partial charge in [-0.05, 0) is 68.9 Å². The van der Waals surface area contributed by atoms with Crippen molar-refractivity contribution in [2.24, 2.45) is 28.5 Å². The van der Waals surface area contributed by atoms with Gasteiger partial charge in [0.15, 0.2) is 18.0 Å². The lowest BCUT2D eigenvalue weighted by Gasteiger charge is -2.54. The molecule has 10 nitrogen and oxygen atoms in total. The minimum absolute atomic E-state index is 0.0303. The molecule has 6 atom stereocenters. The van der Waals surface area contributed by atoms with E-state index in [9.17, 15) is 14.4 Å². The monoisotopic (exact) mass is 548 g/mol. The van der Waals surface area contributed by atoms with E-state index >= 15 is 0 Å². The van der Waals surface area contributed by atoms with Crippen molar-refractivity contribution in [3.8, 4) is 0 Å². The van der Waals surface area contributed by atoms with Crippen LogP contribution in [0.3, 0.4) is 0 Å². The summed E-state index contributed by atoms with van der Waals surface area (Å²) >= 11 is 0. The zero-order valence-electron chi connectivity index (χ0n) is 23.0. The number of hydrogen-bond donors (Lipinski definition) is 2. The predicted octanol–water partition coefficient (Wildman–Crippen LogP) is 3.00. The van der Waals surface area contributed by atoms with E-state index in [4.69, 9.17) is 16.3 Å². The molecule has 2 aliphatic heterocycles. The summed E-state index contributed by atoms with van der Waals surface area (Å²) in [4.78, 5) is 49.8. The quantitative estimate of drug-likeness (QED) is 0.402. The van der Waals surface area contributed by atoms with Crippen molar-refractivity contribution in [3.63, 3.8) is 0 Å². The van der Waals surface area contributed by atoms with Crippen molar-refractivity contribution in [1.82, 2.24) is 14.5 Å². The Morgan fingerprint density at radius 2 is 1.55 bits per heavy atom. The number of nitrogens with two attached hydrogens (primary N) is 2. The highest BCUT2D eigenvalue weighted by atomic mass is 16.6. The Morgan fingerprint density at radius 1 is 0.875 bits per heavy atom. The molecule has 2 saturated carbocycles. The first-order valence-electron chi connectivity index (χ1n) is 15.0. The van der Waals surface area contributed by atoms with Crippen molar-refractivity contribution in [1.29, 1.82) is 0 Å². The summed E-state index contributed by atoms with van der Waals surface area (Å²) in [7, 11) is 0. The second-order valence-corrected chi connectivity index (χ2v) is 12.4. The molecule has 214 valence electrons. The van der Waals surface area contributed by atoms with Crippen molar-refractivity contribution in [2.75, 3.05) is 6.61 Å². The number of para-hydroxylation sites is 2. The number of amides is 2. The van der Waals surface area contributed by atoms with Gasteiger partial charge < -0.3 is 20.9 Å². The smallest absolute Gasteiger partial charge is 0.279 e. The van der Waals surface area contributed by atoms with Gasteiger partial charge in [0, 0.05) is 24.2 Å². The Morgan fingerprint density at radius 3 is 2.20 bits per heavy atom. The Hall–Kier alpha value is -3.27. The Labute approximate surface area is 234 Å². The molecule has 2 unspecified atom stereocenters. The minimum atomic E-state index is -0.957. The zero-order valence-corrected chi connectivity index (χ0v) is 23.0. The summed E-state index contributed by atoms with van der Waals surface area (Å²) in [5.41, 5.74) is 11.0. The topological polar surface area (TPSA) is 146 Å². The molecular formula is C30H40N6O4. The molecule has 6 rings (SSSR count). The number of hydrogen-bond acceptors (Lipinski definition) is 7. The molecule has 2 aromatic rings. The average molecular weight is 549 g/mol. The summed E-state index contributed by atoms with van der Waals surface area (Å²) in [5.74, 6) is 0.0120. The average Bonchev–Trinajstić information content (AvgIpc) is 3.09. The zero-order chi connectivity index (χ0) is 27.8. The van der Waals surface area contributed by atoms with Gasteiger partial charge in [-0.1, -0.05) is 49.4 Å². The van der Waals surface area contributed by atoms with Crippen molar-refractivity contribution >= 4 is 28.6 Å². The van der Waals surface area contributed by atoms with E-state index < -0.39 is 29.7 Å². The highest BCUT2D eigenvalue weighted by molar-refractivity contribution is 6.44. The maximum Gasteiger partial charge on any atom is 0.279 e. The summed E-state index contributed by atoms with van der Waals surface area (Å²) in [6, 6.07) is 8.97. The largest absolute Gasteiger partial charge is 0.385 e. The van der Waals surface area contributed by atoms with Gasteiger partial charge in [-0.15, -0.1) is 0 Å². The van der Waals surface area contributed by atoms with Crippen molar-refractivity contribution in [2.45, 2.75) is 101 Å². The van der Waals surface area contributed by atoms with Crippen LogP contribution in [0.1, 0.15) is 88.8 Å². The fourth-order valence-corrected chi connectivity index (χ4v) is 8.34. The van der Waals surface area contributed by atoms with Crippen LogP contribution in [0, 0.1) is 11.8 Å². The molecule has 2 saturated heterocycles. The van der Waals surface area contributed by atoms with Gasteiger partial charge in [-0.2, -0.15) is 0 Å². The van der Waals surface area contributed by atoms with E-state index in [2.05, 4.69) is 15.0 Å². The summed E-state index contributed by atoms with van der Waals surface area (Å²) in [6.45, 7) is -0.538. The first kappa shape index (κ1) is 26.9. The number of fused-ring (bicyclic) bond motifs is 5. The van der Waals surface area contributed by atoms with Gasteiger partial charge in [0.05, 0.1) is 11.0 Å². The van der Waals surface area contributed by atoms with E-state index in [1.54, 1.807) is 0 Å². The van der Waals surface area contributed by atoms with Crippen LogP contribution in [-0.2, 0) is 14.4 Å². The van der Waals surface area contributed by atoms with Crippen molar-refractivity contribution < 1.29 is 14.4 Å². The third kappa shape index (κ3) is 5.25. The molecule has 2 aliphatic carbocycles. The first-order valence-corrected chi connectivity index (χ1v) is 15.0. The van der Waals surface area contributed by atoms with Crippen LogP contribution in [0.25, 0.3) is 11.0 Å². The number of aromatic nitrogens is 2. The minimum Gasteiger partial charge on any atom is -0.385 e. The molecule has 2 amide bonds. The van der Waals surface area contributed by atoms with Crippen LogP contribution < -0.4 is 17.0 Å². The van der Waals surface area contributed by atoms with Crippen molar-refractivity contribution in [3.05, 3.63) is 40.3 Å². The van der Waals surface area contributed by atoms with Crippen LogP contribution in [0.15, 0.2) is 34.2 Å². The second kappa shape index (κ2) is 11.3.